The molecule has 1 saturated heterocycles. The average Bonchev–Trinajstić information content (AvgIpc) is 2.63. The van der Waals surface area contributed by atoms with Crippen LogP contribution in [0.2, 0.25) is 0 Å². The Morgan fingerprint density at radius 1 is 1.65 bits per heavy atom. The molecule has 1 aliphatic heterocycles. The first-order valence-electron chi connectivity index (χ1n) is 6.27. The van der Waals surface area contributed by atoms with Gasteiger partial charge >= 0.3 is 0 Å². The van der Waals surface area contributed by atoms with Crippen molar-refractivity contribution in [2.75, 3.05) is 24.7 Å². The van der Waals surface area contributed by atoms with Gasteiger partial charge in [0.25, 0.3) is 0 Å². The Balaban J connectivity index is 2.15. The van der Waals surface area contributed by atoms with Crippen LogP contribution in [0, 0.1) is 0 Å². The number of thioether (sulfide) groups is 1. The van der Waals surface area contributed by atoms with Gasteiger partial charge in [0.05, 0.1) is 11.9 Å². The van der Waals surface area contributed by atoms with Gasteiger partial charge in [-0.3, -0.25) is 4.79 Å². The lowest BCUT2D eigenvalue weighted by molar-refractivity contribution is -0.120. The lowest BCUT2D eigenvalue weighted by Gasteiger charge is -2.26. The minimum Gasteiger partial charge on any atom is -0.385 e. The van der Waals surface area contributed by atoms with Crippen LogP contribution >= 0.6 is 11.8 Å². The van der Waals surface area contributed by atoms with E-state index in [9.17, 15) is 9.90 Å². The Morgan fingerprint density at radius 2 is 2.41 bits per heavy atom. The van der Waals surface area contributed by atoms with Crippen molar-refractivity contribution < 1.29 is 14.6 Å². The number of hydrogen-bond acceptors (Lipinski definition) is 4. The molecule has 5 heteroatoms. The van der Waals surface area contributed by atoms with Gasteiger partial charge in [-0.15, -0.1) is 0 Å². The van der Waals surface area contributed by atoms with E-state index in [1.807, 2.05) is 6.92 Å². The van der Waals surface area contributed by atoms with Crippen molar-refractivity contribution in [3.8, 4) is 0 Å². The number of ether oxygens (including phenoxy) is 1. The molecule has 0 aromatic heterocycles. The maximum Gasteiger partial charge on any atom is 0.230 e. The SMILES string of the molecule is CCCCSCC(=O)NCC1(O)CCOC1C. The van der Waals surface area contributed by atoms with E-state index < -0.39 is 5.60 Å². The molecule has 2 unspecified atom stereocenters. The van der Waals surface area contributed by atoms with Gasteiger partial charge in [-0.05, 0) is 19.1 Å². The first kappa shape index (κ1) is 14.8. The first-order chi connectivity index (χ1) is 8.08. The Bertz CT molecular complexity index is 250. The quantitative estimate of drug-likeness (QED) is 0.676. The van der Waals surface area contributed by atoms with E-state index in [0.717, 1.165) is 18.6 Å². The molecule has 100 valence electrons. The number of aliphatic hydroxyl groups is 1. The Kier molecular flexibility index (Phi) is 6.30. The van der Waals surface area contributed by atoms with Gasteiger partial charge in [-0.25, -0.2) is 0 Å². The summed E-state index contributed by atoms with van der Waals surface area (Å²) in [5, 5.41) is 13.0. The fourth-order valence-corrected chi connectivity index (χ4v) is 2.64. The van der Waals surface area contributed by atoms with Crippen molar-refractivity contribution in [1.29, 1.82) is 0 Å². The maximum absolute atomic E-state index is 11.5. The zero-order chi connectivity index (χ0) is 12.7. The van der Waals surface area contributed by atoms with Gasteiger partial charge in [-0.2, -0.15) is 11.8 Å². The zero-order valence-corrected chi connectivity index (χ0v) is 11.5. The van der Waals surface area contributed by atoms with Crippen molar-refractivity contribution in [3.05, 3.63) is 0 Å². The number of hydrogen-bond donors (Lipinski definition) is 2. The van der Waals surface area contributed by atoms with Crippen molar-refractivity contribution in [1.82, 2.24) is 5.32 Å². The molecule has 0 aromatic carbocycles. The highest BCUT2D eigenvalue weighted by Gasteiger charge is 2.39. The highest BCUT2D eigenvalue weighted by molar-refractivity contribution is 7.99. The van der Waals surface area contributed by atoms with Crippen LogP contribution in [0.4, 0.5) is 0 Å². The molecule has 2 N–H and O–H groups in total. The molecular weight excluding hydrogens is 238 g/mol. The van der Waals surface area contributed by atoms with Crippen molar-refractivity contribution in [2.45, 2.75) is 44.8 Å². The molecule has 4 nitrogen and oxygen atoms in total. The summed E-state index contributed by atoms with van der Waals surface area (Å²) in [5.41, 5.74) is -0.885. The second-order valence-electron chi connectivity index (χ2n) is 4.55. The Labute approximate surface area is 107 Å². The molecule has 1 aliphatic rings. The predicted octanol–water partition coefficient (Wildman–Crippen LogP) is 1.18. The number of carbonyl (C=O) groups excluding carboxylic acids is 1. The maximum atomic E-state index is 11.5. The van der Waals surface area contributed by atoms with Crippen molar-refractivity contribution in [2.24, 2.45) is 0 Å². The first-order valence-corrected chi connectivity index (χ1v) is 7.42. The summed E-state index contributed by atoms with van der Waals surface area (Å²) in [6, 6.07) is 0. The summed E-state index contributed by atoms with van der Waals surface area (Å²) >= 11 is 1.64. The summed E-state index contributed by atoms with van der Waals surface area (Å²) in [6.45, 7) is 4.84. The normalized spacial score (nSPS) is 28.3. The molecule has 1 rings (SSSR count). The van der Waals surface area contributed by atoms with Crippen LogP contribution < -0.4 is 5.32 Å². The van der Waals surface area contributed by atoms with Crippen LogP contribution in [0.5, 0.6) is 0 Å². The van der Waals surface area contributed by atoms with E-state index in [1.165, 1.54) is 0 Å². The molecule has 1 fully saturated rings. The highest BCUT2D eigenvalue weighted by Crippen LogP contribution is 2.24. The molecule has 0 radical (unpaired) electrons. The number of carbonyl (C=O) groups is 1. The molecule has 0 bridgehead atoms. The lowest BCUT2D eigenvalue weighted by Crippen LogP contribution is -2.47. The van der Waals surface area contributed by atoms with Gasteiger partial charge in [0.1, 0.15) is 5.60 Å². The van der Waals surface area contributed by atoms with Crippen LogP contribution in [0.1, 0.15) is 33.1 Å². The highest BCUT2D eigenvalue weighted by atomic mass is 32.2. The topological polar surface area (TPSA) is 58.6 Å². The molecule has 0 saturated carbocycles. The molecule has 2 atom stereocenters. The summed E-state index contributed by atoms with van der Waals surface area (Å²) in [7, 11) is 0. The Hall–Kier alpha value is -0.260. The predicted molar refractivity (Wildman–Crippen MR) is 70.2 cm³/mol. The number of unbranched alkanes of at least 4 members (excludes halogenated alkanes) is 1. The van der Waals surface area contributed by atoms with Gasteiger partial charge < -0.3 is 15.2 Å². The third kappa shape index (κ3) is 4.85. The fraction of sp³-hybridized carbons (Fsp3) is 0.917. The average molecular weight is 261 g/mol. The van der Waals surface area contributed by atoms with Crippen LogP contribution in [0.3, 0.4) is 0 Å². The summed E-state index contributed by atoms with van der Waals surface area (Å²) in [5.74, 6) is 1.50. The molecule has 1 amide bonds. The molecule has 17 heavy (non-hydrogen) atoms. The standard InChI is InChI=1S/C12H23NO3S/c1-3-4-7-17-8-11(14)13-9-12(15)5-6-16-10(12)2/h10,15H,3-9H2,1-2H3,(H,13,14). The third-order valence-electron chi connectivity index (χ3n) is 3.13. The van der Waals surface area contributed by atoms with E-state index in [-0.39, 0.29) is 12.0 Å². The van der Waals surface area contributed by atoms with E-state index in [4.69, 9.17) is 4.74 Å². The monoisotopic (exact) mass is 261 g/mol. The minimum atomic E-state index is -0.885. The third-order valence-corrected chi connectivity index (χ3v) is 4.17. The molecule has 0 aliphatic carbocycles. The van der Waals surface area contributed by atoms with Crippen molar-refractivity contribution >= 4 is 17.7 Å². The molecule has 0 aromatic rings. The van der Waals surface area contributed by atoms with Gasteiger partial charge in [0.2, 0.25) is 5.91 Å². The number of nitrogens with one attached hydrogen (secondary N) is 1. The van der Waals surface area contributed by atoms with Crippen LogP contribution in [-0.2, 0) is 9.53 Å². The molecular formula is C12H23NO3S. The van der Waals surface area contributed by atoms with Crippen LogP contribution in [0.15, 0.2) is 0 Å². The van der Waals surface area contributed by atoms with E-state index >= 15 is 0 Å². The minimum absolute atomic E-state index is 0.00127. The summed E-state index contributed by atoms with van der Waals surface area (Å²) < 4.78 is 5.31. The van der Waals surface area contributed by atoms with Crippen molar-refractivity contribution in [3.63, 3.8) is 0 Å². The Morgan fingerprint density at radius 3 is 3.00 bits per heavy atom. The van der Waals surface area contributed by atoms with E-state index in [1.54, 1.807) is 11.8 Å². The molecule has 1 heterocycles. The number of rotatable bonds is 7. The number of amides is 1. The lowest BCUT2D eigenvalue weighted by atomic mass is 9.97. The van der Waals surface area contributed by atoms with Gasteiger partial charge in [-0.1, -0.05) is 13.3 Å². The van der Waals surface area contributed by atoms with Crippen LogP contribution in [-0.4, -0.2) is 47.4 Å². The van der Waals surface area contributed by atoms with E-state index in [2.05, 4.69) is 12.2 Å². The zero-order valence-electron chi connectivity index (χ0n) is 10.7. The second-order valence-corrected chi connectivity index (χ2v) is 5.65. The van der Waals surface area contributed by atoms with Gasteiger partial charge in [0.15, 0.2) is 0 Å². The summed E-state index contributed by atoms with van der Waals surface area (Å²) in [4.78, 5) is 11.5. The van der Waals surface area contributed by atoms with E-state index in [0.29, 0.717) is 25.3 Å². The fourth-order valence-electron chi connectivity index (χ4n) is 1.72. The summed E-state index contributed by atoms with van der Waals surface area (Å²) in [6.07, 6.45) is 2.70. The molecule has 0 spiro atoms. The van der Waals surface area contributed by atoms with Crippen LogP contribution in [0.25, 0.3) is 0 Å². The largest absolute Gasteiger partial charge is 0.385 e. The second kappa shape index (κ2) is 7.24. The smallest absolute Gasteiger partial charge is 0.230 e. The van der Waals surface area contributed by atoms with Gasteiger partial charge in [0, 0.05) is 19.6 Å².